The summed E-state index contributed by atoms with van der Waals surface area (Å²) < 4.78 is 32.4. The van der Waals surface area contributed by atoms with Crippen molar-refractivity contribution in [2.75, 3.05) is 26.1 Å². The zero-order valence-corrected chi connectivity index (χ0v) is 16.2. The van der Waals surface area contributed by atoms with E-state index in [4.69, 9.17) is 0 Å². The Hall–Kier alpha value is -2.38. The molecule has 140 valence electrons. The second kappa shape index (κ2) is 8.33. The molecule has 0 aromatic heterocycles. The van der Waals surface area contributed by atoms with Crippen LogP contribution in [0.3, 0.4) is 0 Å². The van der Waals surface area contributed by atoms with Crippen LogP contribution in [-0.4, -0.2) is 41.6 Å². The first-order valence-corrected chi connectivity index (χ1v) is 9.68. The lowest BCUT2D eigenvalue weighted by Crippen LogP contribution is -2.34. The van der Waals surface area contributed by atoms with Crippen molar-refractivity contribution in [1.29, 1.82) is 0 Å². The van der Waals surface area contributed by atoms with E-state index in [0.29, 0.717) is 6.42 Å². The minimum Gasteiger partial charge on any atom is -0.465 e. The summed E-state index contributed by atoms with van der Waals surface area (Å²) in [6.45, 7) is 1.81. The molecule has 2 rings (SSSR count). The molecule has 6 nitrogen and oxygen atoms in total. The first-order chi connectivity index (χ1) is 12.2. The van der Waals surface area contributed by atoms with Crippen LogP contribution in [0.5, 0.6) is 0 Å². The summed E-state index contributed by atoms with van der Waals surface area (Å²) in [5, 5.41) is 0. The van der Waals surface area contributed by atoms with Gasteiger partial charge < -0.3 is 9.64 Å². The number of anilines is 1. The summed E-state index contributed by atoms with van der Waals surface area (Å²) in [5.41, 5.74) is 2.32. The minimum absolute atomic E-state index is 0.0372. The molecule has 2 aromatic rings. The lowest BCUT2D eigenvalue weighted by atomic mass is 10.1. The number of methoxy groups -OCH3 is 1. The number of esters is 1. The number of rotatable bonds is 7. The average Bonchev–Trinajstić information content (AvgIpc) is 2.61. The van der Waals surface area contributed by atoms with Gasteiger partial charge in [0.1, 0.15) is 0 Å². The van der Waals surface area contributed by atoms with E-state index in [1.807, 2.05) is 50.2 Å². The lowest BCUT2D eigenvalue weighted by Gasteiger charge is -2.16. The molecule has 1 unspecified atom stereocenters. The van der Waals surface area contributed by atoms with Gasteiger partial charge in [-0.2, -0.15) is 0 Å². The van der Waals surface area contributed by atoms with Crippen LogP contribution in [0.15, 0.2) is 53.4 Å². The fourth-order valence-electron chi connectivity index (χ4n) is 2.57. The van der Waals surface area contributed by atoms with E-state index in [1.54, 1.807) is 0 Å². The van der Waals surface area contributed by atoms with E-state index in [0.717, 1.165) is 11.3 Å². The van der Waals surface area contributed by atoms with E-state index in [9.17, 15) is 13.2 Å². The zero-order valence-electron chi connectivity index (χ0n) is 15.4. The van der Waals surface area contributed by atoms with Crippen LogP contribution >= 0.6 is 0 Å². The van der Waals surface area contributed by atoms with E-state index in [2.05, 4.69) is 9.46 Å². The zero-order chi connectivity index (χ0) is 19.3. The van der Waals surface area contributed by atoms with Gasteiger partial charge in [-0.25, -0.2) is 17.9 Å². The number of carbonyl (C=O) groups is 1. The first-order valence-electron chi connectivity index (χ1n) is 8.20. The van der Waals surface area contributed by atoms with Crippen LogP contribution in [0, 0.1) is 0 Å². The molecule has 0 spiro atoms. The van der Waals surface area contributed by atoms with Crippen LogP contribution < -0.4 is 9.62 Å². The van der Waals surface area contributed by atoms with Crippen molar-refractivity contribution in [1.82, 2.24) is 4.72 Å². The van der Waals surface area contributed by atoms with Crippen molar-refractivity contribution in [3.8, 4) is 0 Å². The van der Waals surface area contributed by atoms with Crippen LogP contribution in [0.25, 0.3) is 0 Å². The molecule has 0 saturated carbocycles. The number of benzene rings is 2. The molecule has 0 fully saturated rings. The summed E-state index contributed by atoms with van der Waals surface area (Å²) in [7, 11) is 1.46. The van der Waals surface area contributed by atoms with Gasteiger partial charge in [0.05, 0.1) is 17.6 Å². The van der Waals surface area contributed by atoms with Crippen LogP contribution in [0.4, 0.5) is 5.69 Å². The fraction of sp³-hybridized carbons (Fsp3) is 0.316. The molecule has 1 N–H and O–H groups in total. The Bertz CT molecular complexity index is 861. The molecule has 0 amide bonds. The summed E-state index contributed by atoms with van der Waals surface area (Å²) in [6, 6.07) is 13.5. The normalized spacial score (nSPS) is 12.5. The predicted molar refractivity (Wildman–Crippen MR) is 102 cm³/mol. The number of ether oxygens (including phenoxy) is 1. The Kier molecular flexibility index (Phi) is 6.39. The lowest BCUT2D eigenvalue weighted by molar-refractivity contribution is 0.0600. The predicted octanol–water partition coefficient (Wildman–Crippen LogP) is 2.45. The van der Waals surface area contributed by atoms with Crippen molar-refractivity contribution in [3.63, 3.8) is 0 Å². The number of nitrogens with one attached hydrogen (secondary N) is 1. The Balaban J connectivity index is 2.09. The van der Waals surface area contributed by atoms with Gasteiger partial charge in [0, 0.05) is 25.8 Å². The van der Waals surface area contributed by atoms with Crippen molar-refractivity contribution in [2.24, 2.45) is 0 Å². The maximum Gasteiger partial charge on any atom is 0.337 e. The third kappa shape index (κ3) is 5.06. The van der Waals surface area contributed by atoms with Crippen molar-refractivity contribution in [2.45, 2.75) is 24.3 Å². The molecule has 0 aliphatic heterocycles. The Morgan fingerprint density at radius 1 is 1.15 bits per heavy atom. The summed E-state index contributed by atoms with van der Waals surface area (Å²) in [4.78, 5) is 13.6. The summed E-state index contributed by atoms with van der Waals surface area (Å²) in [6.07, 6.45) is 0.559. The quantitative estimate of drug-likeness (QED) is 0.751. The molecular weight excluding hydrogens is 352 g/mol. The highest BCUT2D eigenvalue weighted by molar-refractivity contribution is 7.89. The van der Waals surface area contributed by atoms with E-state index in [1.165, 1.54) is 31.4 Å². The topological polar surface area (TPSA) is 75.7 Å². The Labute approximate surface area is 154 Å². The molecule has 7 heteroatoms. The van der Waals surface area contributed by atoms with Crippen LogP contribution in [0.2, 0.25) is 0 Å². The maximum atomic E-state index is 12.6. The van der Waals surface area contributed by atoms with Gasteiger partial charge >= 0.3 is 5.97 Å². The SMILES string of the molecule is COC(=O)c1cccc(S(=O)(=O)NC(C)Cc2ccc(N(C)C)cc2)c1. The largest absolute Gasteiger partial charge is 0.465 e. The molecule has 0 heterocycles. The second-order valence-corrected chi connectivity index (χ2v) is 8.02. The number of hydrogen-bond acceptors (Lipinski definition) is 5. The van der Waals surface area contributed by atoms with Gasteiger partial charge in [0.2, 0.25) is 10.0 Å². The first kappa shape index (κ1) is 19.9. The monoisotopic (exact) mass is 376 g/mol. The standard InChI is InChI=1S/C19H24N2O4S/c1-14(12-15-8-10-17(11-9-15)21(2)3)20-26(23,24)18-7-5-6-16(13-18)19(22)25-4/h5-11,13-14,20H,12H2,1-4H3. The van der Waals surface area contributed by atoms with E-state index in [-0.39, 0.29) is 16.5 Å². The Morgan fingerprint density at radius 3 is 2.38 bits per heavy atom. The molecule has 0 aliphatic carbocycles. The molecule has 0 radical (unpaired) electrons. The summed E-state index contributed by atoms with van der Waals surface area (Å²) >= 11 is 0. The van der Waals surface area contributed by atoms with Crippen LogP contribution in [-0.2, 0) is 21.2 Å². The van der Waals surface area contributed by atoms with Gasteiger partial charge in [0.15, 0.2) is 0 Å². The maximum absolute atomic E-state index is 12.6. The van der Waals surface area contributed by atoms with Crippen molar-refractivity contribution >= 4 is 21.7 Å². The number of sulfonamides is 1. The highest BCUT2D eigenvalue weighted by atomic mass is 32.2. The highest BCUT2D eigenvalue weighted by Crippen LogP contribution is 2.16. The van der Waals surface area contributed by atoms with Gasteiger partial charge in [-0.05, 0) is 49.2 Å². The summed E-state index contributed by atoms with van der Waals surface area (Å²) in [5.74, 6) is -0.573. The smallest absolute Gasteiger partial charge is 0.337 e. The minimum atomic E-state index is -3.73. The van der Waals surface area contributed by atoms with Gasteiger partial charge in [-0.3, -0.25) is 0 Å². The molecule has 2 aromatic carbocycles. The molecule has 0 saturated heterocycles. The van der Waals surface area contributed by atoms with Crippen LogP contribution in [0.1, 0.15) is 22.8 Å². The molecule has 1 atom stereocenters. The van der Waals surface area contributed by atoms with E-state index < -0.39 is 16.0 Å². The van der Waals surface area contributed by atoms with Gasteiger partial charge in [-0.1, -0.05) is 18.2 Å². The number of carbonyl (C=O) groups excluding carboxylic acids is 1. The second-order valence-electron chi connectivity index (χ2n) is 6.31. The molecule has 26 heavy (non-hydrogen) atoms. The van der Waals surface area contributed by atoms with Gasteiger partial charge in [-0.15, -0.1) is 0 Å². The van der Waals surface area contributed by atoms with Crippen molar-refractivity contribution < 1.29 is 17.9 Å². The number of nitrogens with zero attached hydrogens (tertiary/aromatic N) is 1. The van der Waals surface area contributed by atoms with Gasteiger partial charge in [0.25, 0.3) is 0 Å². The van der Waals surface area contributed by atoms with E-state index >= 15 is 0 Å². The third-order valence-electron chi connectivity index (χ3n) is 3.92. The molecule has 0 bridgehead atoms. The average molecular weight is 376 g/mol. The number of hydrogen-bond donors (Lipinski definition) is 1. The fourth-order valence-corrected chi connectivity index (χ4v) is 3.86. The molecular formula is C19H24N2O4S. The van der Waals surface area contributed by atoms with Crippen molar-refractivity contribution in [3.05, 3.63) is 59.7 Å². The Morgan fingerprint density at radius 2 is 1.81 bits per heavy atom. The highest BCUT2D eigenvalue weighted by Gasteiger charge is 2.19. The third-order valence-corrected chi connectivity index (χ3v) is 5.50. The molecule has 0 aliphatic rings.